The number of nitrogens with zero attached hydrogens (tertiary/aromatic N) is 1. The first-order valence-electron chi connectivity index (χ1n) is 11.5. The number of sulfonamides is 1. The molecule has 0 saturated carbocycles. The van der Waals surface area contributed by atoms with Crippen LogP contribution in [0.1, 0.15) is 24.0 Å². The highest BCUT2D eigenvalue weighted by Crippen LogP contribution is 2.37. The van der Waals surface area contributed by atoms with Crippen LogP contribution >= 0.6 is 0 Å². The molecule has 1 fully saturated rings. The fourth-order valence-electron chi connectivity index (χ4n) is 4.41. The molecule has 1 heterocycles. The zero-order valence-corrected chi connectivity index (χ0v) is 20.7. The van der Waals surface area contributed by atoms with Gasteiger partial charge in [-0.2, -0.15) is 0 Å². The zero-order valence-electron chi connectivity index (χ0n) is 19.9. The number of nitrogens with one attached hydrogen (secondary N) is 1. The molecule has 1 saturated heterocycles. The lowest BCUT2D eigenvalue weighted by molar-refractivity contribution is -0.125. The van der Waals surface area contributed by atoms with E-state index in [2.05, 4.69) is 4.72 Å². The number of benzene rings is 3. The van der Waals surface area contributed by atoms with Crippen molar-refractivity contribution in [3.63, 3.8) is 0 Å². The summed E-state index contributed by atoms with van der Waals surface area (Å²) >= 11 is 0. The van der Waals surface area contributed by atoms with Gasteiger partial charge in [-0.05, 0) is 37.1 Å². The highest BCUT2D eigenvalue weighted by atomic mass is 32.2. The first-order valence-corrected chi connectivity index (χ1v) is 13.4. The molecule has 6 nitrogen and oxygen atoms in total. The van der Waals surface area contributed by atoms with Crippen molar-refractivity contribution in [2.75, 3.05) is 22.4 Å². The third-order valence-corrected chi connectivity index (χ3v) is 6.77. The lowest BCUT2D eigenvalue weighted by Crippen LogP contribution is -2.29. The SMILES string of the molecule is Cc1ccc(CC(=O)C[C@@H]2CCN(c3ccc(-c4ccccc4NS(C)(=O)=O)c(F)c3F)C2=O)cc1. The average Bonchev–Trinajstić information content (AvgIpc) is 3.16. The summed E-state index contributed by atoms with van der Waals surface area (Å²) in [4.78, 5) is 26.7. The summed E-state index contributed by atoms with van der Waals surface area (Å²) in [7, 11) is -3.64. The summed E-state index contributed by atoms with van der Waals surface area (Å²) in [5.41, 5.74) is 1.88. The van der Waals surface area contributed by atoms with Crippen LogP contribution in [0.15, 0.2) is 60.7 Å². The lowest BCUT2D eigenvalue weighted by Gasteiger charge is -2.19. The standard InChI is InChI=1S/C27H26F2N2O4S/c1-17-7-9-18(10-8-17)15-20(32)16-19-13-14-31(27(19)33)24-12-11-22(25(28)26(24)29)21-5-3-4-6-23(21)30-36(2,34)35/h3-12,19,30H,13-16H2,1-2H3/t19-/m0/s1. The Morgan fingerprint density at radius 2 is 1.69 bits per heavy atom. The van der Waals surface area contributed by atoms with E-state index < -0.39 is 33.5 Å². The molecule has 0 radical (unpaired) electrons. The van der Waals surface area contributed by atoms with Crippen molar-refractivity contribution in [2.24, 2.45) is 5.92 Å². The highest BCUT2D eigenvalue weighted by Gasteiger charge is 2.36. The maximum atomic E-state index is 15.2. The van der Waals surface area contributed by atoms with Crippen LogP contribution in [0.5, 0.6) is 0 Å². The van der Waals surface area contributed by atoms with Gasteiger partial charge in [-0.25, -0.2) is 17.2 Å². The average molecular weight is 513 g/mol. The summed E-state index contributed by atoms with van der Waals surface area (Å²) in [5, 5.41) is 0. The Kier molecular flexibility index (Phi) is 7.21. The summed E-state index contributed by atoms with van der Waals surface area (Å²) in [6, 6.07) is 16.3. The van der Waals surface area contributed by atoms with Gasteiger partial charge in [0.25, 0.3) is 0 Å². The van der Waals surface area contributed by atoms with E-state index in [0.717, 1.165) is 17.4 Å². The molecule has 0 spiro atoms. The number of carbonyl (C=O) groups excluding carboxylic acids is 2. The molecular formula is C27H26F2N2O4S. The summed E-state index contributed by atoms with van der Waals surface area (Å²) in [5.74, 6) is -3.50. The van der Waals surface area contributed by atoms with Gasteiger partial charge < -0.3 is 4.90 Å². The predicted molar refractivity (Wildman–Crippen MR) is 135 cm³/mol. The van der Waals surface area contributed by atoms with Gasteiger partial charge in [0.2, 0.25) is 15.9 Å². The molecule has 1 atom stereocenters. The van der Waals surface area contributed by atoms with Crippen molar-refractivity contribution in [3.05, 3.63) is 83.4 Å². The Morgan fingerprint density at radius 3 is 2.39 bits per heavy atom. The van der Waals surface area contributed by atoms with Crippen molar-refractivity contribution < 1.29 is 26.8 Å². The largest absolute Gasteiger partial charge is 0.309 e. The number of amides is 1. The van der Waals surface area contributed by atoms with Crippen LogP contribution in [0.25, 0.3) is 11.1 Å². The van der Waals surface area contributed by atoms with Crippen molar-refractivity contribution in [2.45, 2.75) is 26.2 Å². The zero-order chi connectivity index (χ0) is 26.0. The fourth-order valence-corrected chi connectivity index (χ4v) is 4.99. The van der Waals surface area contributed by atoms with Gasteiger partial charge >= 0.3 is 0 Å². The smallest absolute Gasteiger partial charge is 0.230 e. The number of aryl methyl sites for hydroxylation is 1. The van der Waals surface area contributed by atoms with Crippen LogP contribution in [-0.2, 0) is 26.0 Å². The van der Waals surface area contributed by atoms with Crippen molar-refractivity contribution in [1.82, 2.24) is 0 Å². The molecule has 36 heavy (non-hydrogen) atoms. The number of hydrogen-bond donors (Lipinski definition) is 1. The highest BCUT2D eigenvalue weighted by molar-refractivity contribution is 7.92. The Hall–Kier alpha value is -3.59. The number of hydrogen-bond acceptors (Lipinski definition) is 4. The van der Waals surface area contributed by atoms with E-state index in [1.54, 1.807) is 12.1 Å². The van der Waals surface area contributed by atoms with E-state index in [9.17, 15) is 18.0 Å². The van der Waals surface area contributed by atoms with Gasteiger partial charge in [0.1, 0.15) is 5.78 Å². The predicted octanol–water partition coefficient (Wildman–Crippen LogP) is 4.87. The molecule has 0 bridgehead atoms. The molecule has 0 unspecified atom stereocenters. The first-order chi connectivity index (χ1) is 17.0. The van der Waals surface area contributed by atoms with Gasteiger partial charge in [0.15, 0.2) is 11.6 Å². The molecule has 1 amide bonds. The second kappa shape index (κ2) is 10.2. The Balaban J connectivity index is 1.52. The van der Waals surface area contributed by atoms with E-state index >= 15 is 8.78 Å². The maximum absolute atomic E-state index is 15.2. The molecule has 1 aliphatic heterocycles. The number of para-hydroxylation sites is 1. The van der Waals surface area contributed by atoms with Crippen LogP contribution in [0.2, 0.25) is 0 Å². The molecule has 1 aliphatic rings. The molecule has 188 valence electrons. The topological polar surface area (TPSA) is 83.6 Å². The van der Waals surface area contributed by atoms with Crippen LogP contribution in [0, 0.1) is 24.5 Å². The van der Waals surface area contributed by atoms with Crippen LogP contribution in [0.4, 0.5) is 20.2 Å². The summed E-state index contributed by atoms with van der Waals surface area (Å²) in [6.07, 6.45) is 1.58. The number of rotatable bonds is 8. The molecule has 0 aromatic heterocycles. The molecule has 0 aliphatic carbocycles. The van der Waals surface area contributed by atoms with Crippen molar-refractivity contribution in [1.29, 1.82) is 0 Å². The molecule has 1 N–H and O–H groups in total. The number of anilines is 2. The van der Waals surface area contributed by atoms with Gasteiger partial charge in [0, 0.05) is 36.4 Å². The number of Topliss-reactive ketones (excluding diaryl/α,β-unsaturated/α-hetero) is 1. The minimum Gasteiger partial charge on any atom is -0.309 e. The first kappa shape index (κ1) is 25.5. The molecule has 3 aromatic carbocycles. The fraction of sp³-hybridized carbons (Fsp3) is 0.259. The second-order valence-electron chi connectivity index (χ2n) is 9.06. The number of halogens is 2. The monoisotopic (exact) mass is 512 g/mol. The van der Waals surface area contributed by atoms with Gasteiger partial charge in [-0.15, -0.1) is 0 Å². The van der Waals surface area contributed by atoms with E-state index in [1.165, 1.54) is 29.2 Å². The molecular weight excluding hydrogens is 486 g/mol. The molecule has 4 rings (SSSR count). The van der Waals surface area contributed by atoms with Gasteiger partial charge in [-0.1, -0.05) is 48.0 Å². The Labute approximate surface area is 209 Å². The van der Waals surface area contributed by atoms with E-state index in [1.807, 2.05) is 31.2 Å². The summed E-state index contributed by atoms with van der Waals surface area (Å²) < 4.78 is 56.0. The van der Waals surface area contributed by atoms with E-state index in [0.29, 0.717) is 6.42 Å². The normalized spacial score (nSPS) is 15.8. The number of ketones is 1. The van der Waals surface area contributed by atoms with Gasteiger partial charge in [0.05, 0.1) is 17.6 Å². The maximum Gasteiger partial charge on any atom is 0.230 e. The minimum atomic E-state index is -3.64. The quantitative estimate of drug-likeness (QED) is 0.467. The third kappa shape index (κ3) is 5.62. The van der Waals surface area contributed by atoms with E-state index in [4.69, 9.17) is 0 Å². The number of carbonyl (C=O) groups is 2. The van der Waals surface area contributed by atoms with Gasteiger partial charge in [-0.3, -0.25) is 14.3 Å². The van der Waals surface area contributed by atoms with Crippen LogP contribution in [0.3, 0.4) is 0 Å². The Bertz CT molecular complexity index is 1420. The third-order valence-electron chi connectivity index (χ3n) is 6.18. The van der Waals surface area contributed by atoms with Crippen LogP contribution in [-0.4, -0.2) is 32.9 Å². The Morgan fingerprint density at radius 1 is 1.00 bits per heavy atom. The lowest BCUT2D eigenvalue weighted by atomic mass is 9.97. The van der Waals surface area contributed by atoms with E-state index in [-0.39, 0.29) is 47.7 Å². The minimum absolute atomic E-state index is 0.0376. The summed E-state index contributed by atoms with van der Waals surface area (Å²) in [6.45, 7) is 2.13. The second-order valence-corrected chi connectivity index (χ2v) is 10.8. The molecule has 3 aromatic rings. The van der Waals surface area contributed by atoms with Crippen molar-refractivity contribution >= 4 is 33.1 Å². The molecule has 9 heteroatoms. The van der Waals surface area contributed by atoms with Crippen LogP contribution < -0.4 is 9.62 Å². The van der Waals surface area contributed by atoms with Crippen molar-refractivity contribution in [3.8, 4) is 11.1 Å².